The Bertz CT molecular complexity index is 1400. The number of anilines is 1. The van der Waals surface area contributed by atoms with Crippen LogP contribution < -0.4 is 9.64 Å². The van der Waals surface area contributed by atoms with E-state index in [-0.39, 0.29) is 41.0 Å². The maximum atomic E-state index is 14.7. The van der Waals surface area contributed by atoms with E-state index in [1.165, 1.54) is 0 Å². The van der Waals surface area contributed by atoms with Crippen LogP contribution in [-0.4, -0.2) is 85.8 Å². The second-order valence-electron chi connectivity index (χ2n) is 11.8. The Hall–Kier alpha value is -3.08. The summed E-state index contributed by atoms with van der Waals surface area (Å²) in [5.74, 6) is -1.24. The molecule has 0 saturated carbocycles. The Morgan fingerprint density at radius 1 is 1.11 bits per heavy atom. The number of fused-ring (bicyclic) bond motifs is 1. The number of benzene rings is 2. The molecule has 240 valence electrons. The molecule has 45 heavy (non-hydrogen) atoms. The maximum Gasteiger partial charge on any atom is 0.247 e. The molecule has 1 spiro atoms. The van der Waals surface area contributed by atoms with Gasteiger partial charge in [0.05, 0.1) is 35.8 Å². The number of thioether (sulfide) groups is 1. The first-order valence-corrected chi connectivity index (χ1v) is 17.4. The summed E-state index contributed by atoms with van der Waals surface area (Å²) in [6.45, 7) is 12.8. The summed E-state index contributed by atoms with van der Waals surface area (Å²) in [6, 6.07) is 15.7. The van der Waals surface area contributed by atoms with Crippen molar-refractivity contribution in [2.75, 3.05) is 31.2 Å². The number of ether oxygens (including phenoxy) is 1. The largest absolute Gasteiger partial charge is 0.494 e. The van der Waals surface area contributed by atoms with E-state index in [2.05, 4.69) is 29.1 Å². The summed E-state index contributed by atoms with van der Waals surface area (Å²) in [7, 11) is 0. The van der Waals surface area contributed by atoms with Crippen LogP contribution in [0.4, 0.5) is 5.69 Å². The molecule has 2 aromatic rings. The van der Waals surface area contributed by atoms with E-state index in [1.807, 2.05) is 68.4 Å². The minimum absolute atomic E-state index is 0.0714. The highest BCUT2D eigenvalue weighted by atomic mass is 79.9. The molecule has 3 heterocycles. The number of likely N-dealkylation sites (tertiary alicyclic amines) is 1. The van der Waals surface area contributed by atoms with Crippen LogP contribution in [0, 0.1) is 11.8 Å². The molecule has 0 aliphatic carbocycles. The summed E-state index contributed by atoms with van der Waals surface area (Å²) in [6.07, 6.45) is 4.42. The lowest BCUT2D eigenvalue weighted by molar-refractivity contribution is -0.146. The zero-order chi connectivity index (χ0) is 32.3. The summed E-state index contributed by atoms with van der Waals surface area (Å²) in [5.41, 5.74) is 1.66. The summed E-state index contributed by atoms with van der Waals surface area (Å²) >= 11 is 5.47. The summed E-state index contributed by atoms with van der Waals surface area (Å²) in [4.78, 5) is 49.0. The third kappa shape index (κ3) is 5.97. The van der Waals surface area contributed by atoms with E-state index < -0.39 is 28.7 Å². The van der Waals surface area contributed by atoms with E-state index in [0.717, 1.165) is 5.56 Å². The molecule has 3 fully saturated rings. The SMILES string of the molecule is C=CCN(Cc1ccccc1)C(=O)C1N([C@@H](CC)CO)C(=O)[C@@H]2[C@@H](C(=O)N(CC=C)c3ccc(OCC)cc3)[C@@H]3SC12CC3Br. The predicted octanol–water partition coefficient (Wildman–Crippen LogP) is 5.05. The van der Waals surface area contributed by atoms with Gasteiger partial charge in [-0.1, -0.05) is 65.3 Å². The van der Waals surface area contributed by atoms with Gasteiger partial charge in [-0.15, -0.1) is 24.9 Å². The summed E-state index contributed by atoms with van der Waals surface area (Å²) in [5, 5.41) is 10.3. The molecule has 8 nitrogen and oxygen atoms in total. The average molecular weight is 697 g/mol. The van der Waals surface area contributed by atoms with Crippen molar-refractivity contribution in [3.05, 3.63) is 85.5 Å². The molecule has 7 atom stereocenters. The first-order valence-electron chi connectivity index (χ1n) is 15.6. The smallest absolute Gasteiger partial charge is 0.247 e. The van der Waals surface area contributed by atoms with Crippen molar-refractivity contribution < 1.29 is 24.2 Å². The molecule has 3 aliphatic heterocycles. The van der Waals surface area contributed by atoms with Gasteiger partial charge < -0.3 is 24.5 Å². The molecule has 2 bridgehead atoms. The van der Waals surface area contributed by atoms with Gasteiger partial charge in [0.15, 0.2) is 0 Å². The van der Waals surface area contributed by atoms with Crippen molar-refractivity contribution in [2.24, 2.45) is 11.8 Å². The molecule has 2 aromatic carbocycles. The number of hydrogen-bond acceptors (Lipinski definition) is 6. The highest BCUT2D eigenvalue weighted by Crippen LogP contribution is 2.68. The highest BCUT2D eigenvalue weighted by molar-refractivity contribution is 9.09. The van der Waals surface area contributed by atoms with Crippen LogP contribution in [0.1, 0.15) is 32.3 Å². The Morgan fingerprint density at radius 2 is 1.80 bits per heavy atom. The first-order chi connectivity index (χ1) is 21.8. The van der Waals surface area contributed by atoms with E-state index in [9.17, 15) is 19.5 Å². The zero-order valence-electron chi connectivity index (χ0n) is 25.9. The summed E-state index contributed by atoms with van der Waals surface area (Å²) < 4.78 is 4.77. The molecular weight excluding hydrogens is 654 g/mol. The topological polar surface area (TPSA) is 90.4 Å². The van der Waals surface area contributed by atoms with Crippen molar-refractivity contribution >= 4 is 51.1 Å². The quantitative estimate of drug-likeness (QED) is 0.220. The second kappa shape index (κ2) is 14.1. The van der Waals surface area contributed by atoms with Crippen molar-refractivity contribution in [2.45, 2.75) is 60.1 Å². The third-order valence-electron chi connectivity index (χ3n) is 9.24. The van der Waals surface area contributed by atoms with Gasteiger partial charge in [0.2, 0.25) is 17.7 Å². The van der Waals surface area contributed by atoms with E-state index in [1.54, 1.807) is 38.6 Å². The molecule has 3 amide bonds. The molecular formula is C35H42BrN3O5S. The van der Waals surface area contributed by atoms with E-state index in [4.69, 9.17) is 4.74 Å². The second-order valence-corrected chi connectivity index (χ2v) is 14.5. The van der Waals surface area contributed by atoms with Crippen LogP contribution >= 0.6 is 27.7 Å². The van der Waals surface area contributed by atoms with Gasteiger partial charge in [0, 0.05) is 35.4 Å². The number of nitrogens with zero attached hydrogens (tertiary/aromatic N) is 3. The predicted molar refractivity (Wildman–Crippen MR) is 182 cm³/mol. The molecule has 0 radical (unpaired) electrons. The molecule has 0 aromatic heterocycles. The Morgan fingerprint density at radius 3 is 2.40 bits per heavy atom. The van der Waals surface area contributed by atoms with Gasteiger partial charge in [0.1, 0.15) is 11.8 Å². The van der Waals surface area contributed by atoms with Gasteiger partial charge >= 0.3 is 0 Å². The van der Waals surface area contributed by atoms with Crippen molar-refractivity contribution in [3.63, 3.8) is 0 Å². The number of aliphatic hydroxyl groups is 1. The van der Waals surface area contributed by atoms with Gasteiger partial charge in [-0.3, -0.25) is 14.4 Å². The number of carbonyl (C=O) groups excluding carboxylic acids is 3. The molecule has 3 aliphatic rings. The molecule has 3 unspecified atom stereocenters. The number of carbonyl (C=O) groups is 3. The number of rotatable bonds is 14. The van der Waals surface area contributed by atoms with E-state index in [0.29, 0.717) is 44.0 Å². The van der Waals surface area contributed by atoms with Crippen LogP contribution in [0.3, 0.4) is 0 Å². The van der Waals surface area contributed by atoms with Gasteiger partial charge in [0.25, 0.3) is 0 Å². The van der Waals surface area contributed by atoms with Gasteiger partial charge in [-0.25, -0.2) is 0 Å². The molecule has 10 heteroatoms. The minimum atomic E-state index is -0.832. The lowest BCUT2D eigenvalue weighted by atomic mass is 9.70. The monoisotopic (exact) mass is 695 g/mol. The number of alkyl halides is 1. The van der Waals surface area contributed by atoms with Crippen LogP contribution in [0.5, 0.6) is 5.75 Å². The Labute approximate surface area is 278 Å². The van der Waals surface area contributed by atoms with Crippen LogP contribution in [0.2, 0.25) is 0 Å². The Kier molecular flexibility index (Phi) is 10.5. The lowest BCUT2D eigenvalue weighted by Crippen LogP contribution is -2.57. The fourth-order valence-electron chi connectivity index (χ4n) is 7.32. The van der Waals surface area contributed by atoms with Gasteiger partial charge in [-0.2, -0.15) is 0 Å². The molecule has 3 saturated heterocycles. The van der Waals surface area contributed by atoms with Crippen LogP contribution in [-0.2, 0) is 20.9 Å². The van der Waals surface area contributed by atoms with Crippen LogP contribution in [0.15, 0.2) is 79.9 Å². The van der Waals surface area contributed by atoms with Crippen molar-refractivity contribution in [3.8, 4) is 5.75 Å². The third-order valence-corrected chi connectivity index (χ3v) is 12.5. The number of hydrogen-bond donors (Lipinski definition) is 1. The average Bonchev–Trinajstić information content (AvgIpc) is 3.64. The van der Waals surface area contributed by atoms with E-state index >= 15 is 0 Å². The Balaban J connectivity index is 1.56. The highest BCUT2D eigenvalue weighted by Gasteiger charge is 2.76. The standard InChI is InChI=1S/C35H42BrN3O5S/c1-5-18-37(21-23-12-10-9-11-13-23)34(43)31-35-20-27(36)30(45-35)28(29(35)33(42)39(31)24(7-3)22-40)32(41)38(19-6-2)25-14-16-26(17-15-25)44-8-4/h5-6,9-17,24,27-31,40H,1-2,7-8,18-22H2,3-4H3/t24-,27?,28+,29-,30+,31?,35?/m0/s1. The number of halogens is 1. The number of amides is 3. The molecule has 5 rings (SSSR count). The minimum Gasteiger partial charge on any atom is -0.494 e. The molecule has 1 N–H and O–H groups in total. The normalized spacial score (nSPS) is 27.2. The number of aliphatic hydroxyl groups excluding tert-OH is 1. The van der Waals surface area contributed by atoms with Gasteiger partial charge in [-0.05, 0) is 49.6 Å². The van der Waals surface area contributed by atoms with Crippen LogP contribution in [0.25, 0.3) is 0 Å². The van der Waals surface area contributed by atoms with Crippen molar-refractivity contribution in [1.82, 2.24) is 9.80 Å². The maximum absolute atomic E-state index is 14.7. The fourth-order valence-corrected chi connectivity index (χ4v) is 10.9. The lowest BCUT2D eigenvalue weighted by Gasteiger charge is -2.40. The fraction of sp³-hybridized carbons (Fsp3) is 0.457. The first kappa shape index (κ1) is 33.3. The zero-order valence-corrected chi connectivity index (χ0v) is 28.3. The van der Waals surface area contributed by atoms with Crippen molar-refractivity contribution in [1.29, 1.82) is 0 Å².